The molecule has 0 aliphatic heterocycles. The van der Waals surface area contributed by atoms with Crippen molar-refractivity contribution in [2.75, 3.05) is 20.2 Å². The molecule has 0 unspecified atom stereocenters. The zero-order valence-corrected chi connectivity index (χ0v) is 11.9. The summed E-state index contributed by atoms with van der Waals surface area (Å²) in [4.78, 5) is 25.9. The number of nitrogens with zero attached hydrogens (tertiary/aromatic N) is 3. The molecule has 1 amide bonds. The lowest BCUT2D eigenvalue weighted by Gasteiger charge is -2.16. The van der Waals surface area contributed by atoms with E-state index in [1.165, 1.54) is 7.11 Å². The van der Waals surface area contributed by atoms with Crippen LogP contribution in [0.25, 0.3) is 10.4 Å². The highest BCUT2D eigenvalue weighted by atomic mass is 16.5. The Balaban J connectivity index is 4.04. The molecule has 0 aliphatic carbocycles. The lowest BCUT2D eigenvalue weighted by atomic mass is 10.1. The molecule has 0 aromatic rings. The average molecular weight is 285 g/mol. The summed E-state index contributed by atoms with van der Waals surface area (Å²) in [5.74, 6) is -0.640. The number of hydrogen-bond acceptors (Lipinski definition) is 5. The lowest BCUT2D eigenvalue weighted by Crippen LogP contribution is -2.41. The van der Waals surface area contributed by atoms with Crippen molar-refractivity contribution >= 4 is 11.9 Å². The molecule has 0 saturated carbocycles. The van der Waals surface area contributed by atoms with Crippen molar-refractivity contribution in [1.82, 2.24) is 5.32 Å². The zero-order valence-electron chi connectivity index (χ0n) is 11.9. The summed E-state index contributed by atoms with van der Waals surface area (Å²) in [6.07, 6.45) is 3.64. The number of carbonyl (C=O) groups is 2. The van der Waals surface area contributed by atoms with Crippen LogP contribution in [0.4, 0.5) is 0 Å². The van der Waals surface area contributed by atoms with Gasteiger partial charge in [0, 0.05) is 17.9 Å². The van der Waals surface area contributed by atoms with E-state index in [2.05, 4.69) is 20.1 Å². The maximum absolute atomic E-state index is 11.7. The number of unbranched alkanes of at least 4 members (excludes halogenated alkanes) is 2. The van der Waals surface area contributed by atoms with Gasteiger partial charge >= 0.3 is 5.97 Å². The van der Waals surface area contributed by atoms with Crippen molar-refractivity contribution in [1.29, 1.82) is 0 Å². The first-order valence-electron chi connectivity index (χ1n) is 6.73. The molecule has 0 rings (SSSR count). The Bertz CT molecular complexity index is 342. The summed E-state index contributed by atoms with van der Waals surface area (Å²) < 4.78 is 4.66. The first-order chi connectivity index (χ1) is 9.65. The van der Waals surface area contributed by atoms with E-state index in [1.54, 1.807) is 0 Å². The van der Waals surface area contributed by atoms with Gasteiger partial charge in [-0.15, -0.1) is 0 Å². The SMILES string of the molecule is COC(=O)[C@H](CCCCN)NC(=O)CCCCN=[N+]=[N-]. The number of esters is 1. The minimum absolute atomic E-state index is 0.200. The van der Waals surface area contributed by atoms with Crippen LogP contribution in [0.15, 0.2) is 5.11 Å². The van der Waals surface area contributed by atoms with E-state index < -0.39 is 12.0 Å². The molecule has 114 valence electrons. The van der Waals surface area contributed by atoms with Gasteiger partial charge in [0.2, 0.25) is 5.91 Å². The lowest BCUT2D eigenvalue weighted by molar-refractivity contribution is -0.145. The second-order valence-electron chi connectivity index (χ2n) is 4.34. The van der Waals surface area contributed by atoms with Crippen LogP contribution in [0.5, 0.6) is 0 Å². The van der Waals surface area contributed by atoms with Crippen molar-refractivity contribution in [3.63, 3.8) is 0 Å². The Hall–Kier alpha value is -1.79. The molecule has 0 radical (unpaired) electrons. The normalized spacial score (nSPS) is 11.3. The van der Waals surface area contributed by atoms with Gasteiger partial charge in [0.05, 0.1) is 7.11 Å². The molecule has 8 nitrogen and oxygen atoms in total. The topological polar surface area (TPSA) is 130 Å². The highest BCUT2D eigenvalue weighted by molar-refractivity contribution is 5.84. The highest BCUT2D eigenvalue weighted by Crippen LogP contribution is 2.04. The third kappa shape index (κ3) is 9.18. The number of rotatable bonds is 11. The predicted octanol–water partition coefficient (Wildman–Crippen LogP) is 1.25. The van der Waals surface area contributed by atoms with E-state index in [1.807, 2.05) is 0 Å². The van der Waals surface area contributed by atoms with Gasteiger partial charge in [0.1, 0.15) is 6.04 Å². The fraction of sp³-hybridized carbons (Fsp3) is 0.833. The summed E-state index contributed by atoms with van der Waals surface area (Å²) in [5, 5.41) is 6.04. The molecular formula is C12H23N5O3. The van der Waals surface area contributed by atoms with Crippen LogP contribution in [0.3, 0.4) is 0 Å². The highest BCUT2D eigenvalue weighted by Gasteiger charge is 2.20. The molecule has 20 heavy (non-hydrogen) atoms. The van der Waals surface area contributed by atoms with Gasteiger partial charge < -0.3 is 15.8 Å². The molecule has 0 fully saturated rings. The number of ether oxygens (including phenoxy) is 1. The van der Waals surface area contributed by atoms with Crippen LogP contribution in [0.1, 0.15) is 38.5 Å². The summed E-state index contributed by atoms with van der Waals surface area (Å²) in [6, 6.07) is -0.615. The number of nitrogens with one attached hydrogen (secondary N) is 1. The summed E-state index contributed by atoms with van der Waals surface area (Å²) in [7, 11) is 1.30. The number of hydrogen-bond donors (Lipinski definition) is 2. The van der Waals surface area contributed by atoms with Crippen LogP contribution >= 0.6 is 0 Å². The third-order valence-corrected chi connectivity index (χ3v) is 2.74. The van der Waals surface area contributed by atoms with Crippen LogP contribution in [-0.4, -0.2) is 38.1 Å². The van der Waals surface area contributed by atoms with E-state index >= 15 is 0 Å². The minimum atomic E-state index is -0.615. The van der Waals surface area contributed by atoms with E-state index in [9.17, 15) is 9.59 Å². The molecular weight excluding hydrogens is 262 g/mol. The van der Waals surface area contributed by atoms with Crippen molar-refractivity contribution in [2.45, 2.75) is 44.6 Å². The second kappa shape index (κ2) is 12.3. The number of amides is 1. The van der Waals surface area contributed by atoms with Gasteiger partial charge in [-0.25, -0.2) is 4.79 Å². The quantitative estimate of drug-likeness (QED) is 0.194. The molecule has 0 aromatic carbocycles. The van der Waals surface area contributed by atoms with E-state index in [-0.39, 0.29) is 5.91 Å². The van der Waals surface area contributed by atoms with E-state index in [0.717, 1.165) is 12.8 Å². The molecule has 0 spiro atoms. The molecule has 0 saturated heterocycles. The Labute approximate surface area is 118 Å². The van der Waals surface area contributed by atoms with Gasteiger partial charge in [-0.2, -0.15) is 0 Å². The van der Waals surface area contributed by atoms with Gasteiger partial charge in [-0.1, -0.05) is 5.11 Å². The molecule has 0 bridgehead atoms. The van der Waals surface area contributed by atoms with Crippen LogP contribution in [0, 0.1) is 0 Å². The second-order valence-corrected chi connectivity index (χ2v) is 4.34. The van der Waals surface area contributed by atoms with Gasteiger partial charge in [0.25, 0.3) is 0 Å². The van der Waals surface area contributed by atoms with Crippen molar-refractivity contribution in [2.24, 2.45) is 10.8 Å². The number of azide groups is 1. The van der Waals surface area contributed by atoms with Gasteiger partial charge in [0.15, 0.2) is 0 Å². The summed E-state index contributed by atoms with van der Waals surface area (Å²) in [6.45, 7) is 0.932. The first-order valence-corrected chi connectivity index (χ1v) is 6.73. The van der Waals surface area contributed by atoms with E-state index in [4.69, 9.17) is 11.3 Å². The fourth-order valence-corrected chi connectivity index (χ4v) is 1.66. The largest absolute Gasteiger partial charge is 0.467 e. The van der Waals surface area contributed by atoms with E-state index in [0.29, 0.717) is 38.8 Å². The van der Waals surface area contributed by atoms with Crippen molar-refractivity contribution < 1.29 is 14.3 Å². The summed E-state index contributed by atoms with van der Waals surface area (Å²) >= 11 is 0. The maximum atomic E-state index is 11.7. The van der Waals surface area contributed by atoms with Crippen LogP contribution in [0.2, 0.25) is 0 Å². The zero-order chi connectivity index (χ0) is 15.2. The minimum Gasteiger partial charge on any atom is -0.467 e. The maximum Gasteiger partial charge on any atom is 0.328 e. The molecule has 0 heterocycles. The fourth-order valence-electron chi connectivity index (χ4n) is 1.66. The van der Waals surface area contributed by atoms with Gasteiger partial charge in [-0.3, -0.25) is 4.79 Å². The Morgan fingerprint density at radius 2 is 2.10 bits per heavy atom. The number of methoxy groups -OCH3 is 1. The Morgan fingerprint density at radius 3 is 2.70 bits per heavy atom. The third-order valence-electron chi connectivity index (χ3n) is 2.74. The van der Waals surface area contributed by atoms with Crippen molar-refractivity contribution in [3.8, 4) is 0 Å². The smallest absolute Gasteiger partial charge is 0.328 e. The first kappa shape index (κ1) is 18.2. The predicted molar refractivity (Wildman–Crippen MR) is 74.7 cm³/mol. The summed E-state index contributed by atoms with van der Waals surface area (Å²) in [5.41, 5.74) is 13.5. The number of nitrogens with two attached hydrogens (primary N) is 1. The molecule has 0 aromatic heterocycles. The monoisotopic (exact) mass is 285 g/mol. The van der Waals surface area contributed by atoms with Crippen molar-refractivity contribution in [3.05, 3.63) is 10.4 Å². The van der Waals surface area contributed by atoms with Crippen LogP contribution in [-0.2, 0) is 14.3 Å². The molecule has 8 heteroatoms. The average Bonchev–Trinajstić information content (AvgIpc) is 2.45. The van der Waals surface area contributed by atoms with Crippen LogP contribution < -0.4 is 11.1 Å². The van der Waals surface area contributed by atoms with Gasteiger partial charge in [-0.05, 0) is 44.2 Å². The standard InChI is InChI=1S/C12H23N5O3/c1-20-12(19)10(6-2-4-8-13)16-11(18)7-3-5-9-15-17-14/h10H,2-9,13H2,1H3,(H,16,18)/t10-/m0/s1. The molecule has 0 aliphatic rings. The Morgan fingerprint density at radius 1 is 1.35 bits per heavy atom. The Kier molecular flexibility index (Phi) is 11.2. The molecule has 3 N–H and O–H groups in total. The number of carbonyl (C=O) groups excluding carboxylic acids is 2. The molecule has 1 atom stereocenters.